The molecular formula is C22H26N4O2S2. The third kappa shape index (κ3) is 5.05. The summed E-state index contributed by atoms with van der Waals surface area (Å²) in [6.07, 6.45) is 8.89. The Morgan fingerprint density at radius 2 is 2.10 bits per heavy atom. The van der Waals surface area contributed by atoms with Crippen molar-refractivity contribution in [2.75, 3.05) is 19.6 Å². The summed E-state index contributed by atoms with van der Waals surface area (Å²) in [7, 11) is 0. The zero-order valence-corrected chi connectivity index (χ0v) is 18.7. The first-order valence-corrected chi connectivity index (χ1v) is 12.1. The van der Waals surface area contributed by atoms with E-state index in [0.29, 0.717) is 18.2 Å². The zero-order valence-electron chi connectivity index (χ0n) is 17.1. The molecule has 0 saturated carbocycles. The second-order valence-corrected chi connectivity index (χ2v) is 9.91. The summed E-state index contributed by atoms with van der Waals surface area (Å²) in [5, 5.41) is 6.89. The first-order chi connectivity index (χ1) is 14.6. The molecule has 4 rings (SSSR count). The van der Waals surface area contributed by atoms with Crippen LogP contribution in [0.15, 0.2) is 29.9 Å². The molecule has 4 heterocycles. The molecule has 1 saturated heterocycles. The summed E-state index contributed by atoms with van der Waals surface area (Å²) in [6, 6.07) is 3.86. The van der Waals surface area contributed by atoms with Crippen molar-refractivity contribution in [3.05, 3.63) is 45.5 Å². The lowest BCUT2D eigenvalue weighted by atomic mass is 9.91. The van der Waals surface area contributed by atoms with Crippen molar-refractivity contribution < 1.29 is 9.59 Å². The van der Waals surface area contributed by atoms with Crippen molar-refractivity contribution in [2.45, 2.75) is 39.0 Å². The number of carbonyl (C=O) groups excluding carboxylic acids is 2. The minimum Gasteiger partial charge on any atom is -0.351 e. The summed E-state index contributed by atoms with van der Waals surface area (Å²) >= 11 is 3.01. The average molecular weight is 443 g/mol. The summed E-state index contributed by atoms with van der Waals surface area (Å²) < 4.78 is 1.04. The van der Waals surface area contributed by atoms with Crippen molar-refractivity contribution in [1.82, 2.24) is 20.2 Å². The Kier molecular flexibility index (Phi) is 6.74. The van der Waals surface area contributed by atoms with Crippen molar-refractivity contribution in [3.8, 4) is 0 Å². The number of piperidine rings is 1. The van der Waals surface area contributed by atoms with Crippen molar-refractivity contribution in [2.24, 2.45) is 5.92 Å². The van der Waals surface area contributed by atoms with Crippen molar-refractivity contribution in [1.29, 1.82) is 0 Å². The number of carbonyl (C=O) groups is 2. The van der Waals surface area contributed by atoms with Gasteiger partial charge >= 0.3 is 0 Å². The molecule has 0 bridgehead atoms. The molecule has 3 aromatic heterocycles. The number of pyridine rings is 1. The molecule has 0 spiro atoms. The predicted molar refractivity (Wildman–Crippen MR) is 121 cm³/mol. The molecule has 0 unspecified atom stereocenters. The van der Waals surface area contributed by atoms with E-state index >= 15 is 0 Å². The normalized spacial score (nSPS) is 14.9. The lowest BCUT2D eigenvalue weighted by molar-refractivity contribution is 0.0680. The second-order valence-electron chi connectivity index (χ2n) is 7.76. The number of fused-ring (bicyclic) bond motifs is 1. The highest BCUT2D eigenvalue weighted by atomic mass is 32.1. The van der Waals surface area contributed by atoms with Crippen LogP contribution in [0.4, 0.5) is 0 Å². The molecule has 1 fully saturated rings. The van der Waals surface area contributed by atoms with Gasteiger partial charge in [-0.1, -0.05) is 12.8 Å². The van der Waals surface area contributed by atoms with Gasteiger partial charge in [-0.05, 0) is 49.6 Å². The van der Waals surface area contributed by atoms with Crippen LogP contribution >= 0.6 is 22.7 Å². The van der Waals surface area contributed by atoms with Gasteiger partial charge < -0.3 is 10.2 Å². The Labute approximate surface area is 184 Å². The molecule has 1 aliphatic heterocycles. The number of hydrogen-bond donors (Lipinski definition) is 1. The van der Waals surface area contributed by atoms with Gasteiger partial charge in [-0.3, -0.25) is 14.6 Å². The molecular weight excluding hydrogens is 416 g/mol. The minimum absolute atomic E-state index is 0.000275. The molecule has 6 nitrogen and oxygen atoms in total. The van der Waals surface area contributed by atoms with Crippen LogP contribution < -0.4 is 5.32 Å². The molecule has 1 aliphatic rings. The van der Waals surface area contributed by atoms with Crippen LogP contribution in [0.2, 0.25) is 0 Å². The minimum atomic E-state index is 0.000275. The quantitative estimate of drug-likeness (QED) is 0.546. The standard InChI is InChI=1S/C22H26N4O2S2/c1-15-25-18(14-29-15)22(28)26-10-6-16(7-11-26)4-2-3-8-24-21(27)19-12-17-5-9-23-13-20(17)30-19/h5,9,12-14,16H,2-4,6-8,10-11H2,1H3,(H,24,27). The molecule has 2 amide bonds. The van der Waals surface area contributed by atoms with Crippen LogP contribution in [0.3, 0.4) is 0 Å². The van der Waals surface area contributed by atoms with Crippen LogP contribution in [0.5, 0.6) is 0 Å². The van der Waals surface area contributed by atoms with Gasteiger partial charge in [0.25, 0.3) is 11.8 Å². The van der Waals surface area contributed by atoms with Gasteiger partial charge in [0.1, 0.15) is 5.69 Å². The largest absolute Gasteiger partial charge is 0.351 e. The third-order valence-corrected chi connectivity index (χ3v) is 7.47. The average Bonchev–Trinajstić information content (AvgIpc) is 3.39. The van der Waals surface area contributed by atoms with Gasteiger partial charge in [0.2, 0.25) is 0 Å². The van der Waals surface area contributed by atoms with Gasteiger partial charge in [0.05, 0.1) is 14.6 Å². The van der Waals surface area contributed by atoms with Crippen LogP contribution in [-0.4, -0.2) is 46.3 Å². The molecule has 0 atom stereocenters. The Bertz CT molecular complexity index is 988. The maximum atomic E-state index is 12.5. The fourth-order valence-electron chi connectivity index (χ4n) is 3.89. The smallest absolute Gasteiger partial charge is 0.273 e. The molecule has 1 N–H and O–H groups in total. The molecule has 3 aromatic rings. The number of thiazole rings is 1. The Balaban J connectivity index is 1.13. The Hall–Kier alpha value is -2.32. The number of amides is 2. The van der Waals surface area contributed by atoms with Gasteiger partial charge in [0, 0.05) is 37.4 Å². The fraction of sp³-hybridized carbons (Fsp3) is 0.455. The van der Waals surface area contributed by atoms with Gasteiger partial charge in [-0.25, -0.2) is 4.98 Å². The number of nitrogens with zero attached hydrogens (tertiary/aromatic N) is 3. The zero-order chi connectivity index (χ0) is 20.9. The fourth-order valence-corrected chi connectivity index (χ4v) is 5.42. The topological polar surface area (TPSA) is 75.2 Å². The number of aromatic nitrogens is 2. The number of likely N-dealkylation sites (tertiary alicyclic amines) is 1. The van der Waals surface area contributed by atoms with E-state index < -0.39 is 0 Å². The number of nitrogens with one attached hydrogen (secondary N) is 1. The maximum Gasteiger partial charge on any atom is 0.273 e. The summed E-state index contributed by atoms with van der Waals surface area (Å²) in [6.45, 7) is 4.26. The van der Waals surface area contributed by atoms with Crippen LogP contribution in [-0.2, 0) is 0 Å². The second kappa shape index (κ2) is 9.66. The molecule has 0 aliphatic carbocycles. The number of thiophene rings is 1. The van der Waals surface area contributed by atoms with Gasteiger partial charge in [-0.15, -0.1) is 22.7 Å². The van der Waals surface area contributed by atoms with Gasteiger partial charge in [0.15, 0.2) is 0 Å². The number of unbranched alkanes of at least 4 members (excludes halogenated alkanes) is 1. The summed E-state index contributed by atoms with van der Waals surface area (Å²) in [4.78, 5) is 35.9. The number of aryl methyl sites for hydroxylation is 1. The predicted octanol–water partition coefficient (Wildman–Crippen LogP) is 4.51. The van der Waals surface area contributed by atoms with Crippen LogP contribution in [0, 0.1) is 12.8 Å². The highest BCUT2D eigenvalue weighted by molar-refractivity contribution is 7.20. The Morgan fingerprint density at radius 1 is 1.27 bits per heavy atom. The lowest BCUT2D eigenvalue weighted by Crippen LogP contribution is -2.38. The van der Waals surface area contributed by atoms with Crippen molar-refractivity contribution in [3.63, 3.8) is 0 Å². The first kappa shape index (κ1) is 20.9. The number of hydrogen-bond acceptors (Lipinski definition) is 6. The molecule has 30 heavy (non-hydrogen) atoms. The van der Waals surface area contributed by atoms with E-state index in [1.807, 2.05) is 29.3 Å². The Morgan fingerprint density at radius 3 is 2.83 bits per heavy atom. The summed E-state index contributed by atoms with van der Waals surface area (Å²) in [5.41, 5.74) is 0.585. The highest BCUT2D eigenvalue weighted by Crippen LogP contribution is 2.25. The van der Waals surface area contributed by atoms with E-state index in [1.165, 1.54) is 22.7 Å². The monoisotopic (exact) mass is 442 g/mol. The highest BCUT2D eigenvalue weighted by Gasteiger charge is 2.24. The maximum absolute atomic E-state index is 12.5. The van der Waals surface area contributed by atoms with E-state index in [-0.39, 0.29) is 11.8 Å². The van der Waals surface area contributed by atoms with E-state index in [4.69, 9.17) is 0 Å². The lowest BCUT2D eigenvalue weighted by Gasteiger charge is -2.31. The van der Waals surface area contributed by atoms with E-state index in [0.717, 1.165) is 65.2 Å². The van der Waals surface area contributed by atoms with E-state index in [2.05, 4.69) is 15.3 Å². The SMILES string of the molecule is Cc1nc(C(=O)N2CCC(CCCCNC(=O)c3cc4ccncc4s3)CC2)cs1. The summed E-state index contributed by atoms with van der Waals surface area (Å²) in [5.74, 6) is 0.731. The van der Waals surface area contributed by atoms with Gasteiger partial charge in [-0.2, -0.15) is 0 Å². The van der Waals surface area contributed by atoms with E-state index in [9.17, 15) is 9.59 Å². The van der Waals surface area contributed by atoms with Crippen LogP contribution in [0.25, 0.3) is 10.1 Å². The molecule has 0 radical (unpaired) electrons. The molecule has 158 valence electrons. The number of rotatable bonds is 7. The molecule has 0 aromatic carbocycles. The molecule has 8 heteroatoms. The third-order valence-electron chi connectivity index (χ3n) is 5.61. The van der Waals surface area contributed by atoms with E-state index in [1.54, 1.807) is 12.4 Å². The van der Waals surface area contributed by atoms with Crippen molar-refractivity contribution >= 4 is 44.6 Å². The van der Waals surface area contributed by atoms with Crippen LogP contribution in [0.1, 0.15) is 57.3 Å². The first-order valence-electron chi connectivity index (χ1n) is 10.4.